The molecule has 0 unspecified atom stereocenters. The third-order valence-corrected chi connectivity index (χ3v) is 3.15. The second-order valence-electron chi connectivity index (χ2n) is 4.83. The number of hydrogen-bond donors (Lipinski definition) is 1. The summed E-state index contributed by atoms with van der Waals surface area (Å²) < 4.78 is 0. The highest BCUT2D eigenvalue weighted by Gasteiger charge is 2.29. The molecule has 0 saturated heterocycles. The molecule has 2 amide bonds. The van der Waals surface area contributed by atoms with Crippen molar-refractivity contribution in [3.63, 3.8) is 0 Å². The van der Waals surface area contributed by atoms with Crippen molar-refractivity contribution in [2.45, 2.75) is 26.3 Å². The van der Waals surface area contributed by atoms with E-state index in [1.165, 1.54) is 6.92 Å². The van der Waals surface area contributed by atoms with Gasteiger partial charge in [0.1, 0.15) is 0 Å². The summed E-state index contributed by atoms with van der Waals surface area (Å²) in [6.45, 7) is 3.03. The van der Waals surface area contributed by atoms with Crippen molar-refractivity contribution in [2.24, 2.45) is 5.92 Å². The Morgan fingerprint density at radius 2 is 2.21 bits per heavy atom. The Balaban J connectivity index is 1.79. The molecule has 5 heteroatoms. The van der Waals surface area contributed by atoms with E-state index in [0.717, 1.165) is 18.5 Å². The summed E-state index contributed by atoms with van der Waals surface area (Å²) in [6, 6.07) is 5.63. The number of aromatic nitrogens is 1. The van der Waals surface area contributed by atoms with Crippen LogP contribution in [0.1, 0.15) is 25.5 Å². The molecule has 1 heterocycles. The quantitative estimate of drug-likeness (QED) is 0.829. The SMILES string of the molecule is CC(=O)N(CCNC(=O)C1CC1)Cc1ccccn1. The molecule has 102 valence electrons. The van der Waals surface area contributed by atoms with Crippen LogP contribution in [0.15, 0.2) is 24.4 Å². The molecular formula is C14H19N3O2. The fourth-order valence-electron chi connectivity index (χ4n) is 1.84. The zero-order valence-corrected chi connectivity index (χ0v) is 11.1. The number of amides is 2. The van der Waals surface area contributed by atoms with E-state index in [1.54, 1.807) is 11.1 Å². The first-order chi connectivity index (χ1) is 9.16. The lowest BCUT2D eigenvalue weighted by atomic mass is 10.3. The Bertz CT molecular complexity index is 443. The Morgan fingerprint density at radius 1 is 1.42 bits per heavy atom. The van der Waals surface area contributed by atoms with Crippen LogP contribution in [0.4, 0.5) is 0 Å². The fraction of sp³-hybridized carbons (Fsp3) is 0.500. The highest BCUT2D eigenvalue weighted by atomic mass is 16.2. The van der Waals surface area contributed by atoms with E-state index in [4.69, 9.17) is 0 Å². The molecule has 1 saturated carbocycles. The molecule has 0 aromatic carbocycles. The maximum atomic E-state index is 11.6. The van der Waals surface area contributed by atoms with Crippen LogP contribution in [-0.4, -0.2) is 34.8 Å². The third kappa shape index (κ3) is 4.35. The van der Waals surface area contributed by atoms with E-state index in [9.17, 15) is 9.59 Å². The molecule has 1 aliphatic rings. The first-order valence-electron chi connectivity index (χ1n) is 6.60. The van der Waals surface area contributed by atoms with Gasteiger partial charge >= 0.3 is 0 Å². The highest BCUT2D eigenvalue weighted by Crippen LogP contribution is 2.28. The Morgan fingerprint density at radius 3 is 2.79 bits per heavy atom. The van der Waals surface area contributed by atoms with Gasteiger partial charge in [0.2, 0.25) is 11.8 Å². The molecular weight excluding hydrogens is 242 g/mol. The first-order valence-corrected chi connectivity index (χ1v) is 6.60. The van der Waals surface area contributed by atoms with E-state index < -0.39 is 0 Å². The second kappa shape index (κ2) is 6.31. The molecule has 0 aliphatic heterocycles. The van der Waals surface area contributed by atoms with Gasteiger partial charge in [0.25, 0.3) is 0 Å². The van der Waals surface area contributed by atoms with E-state index in [-0.39, 0.29) is 17.7 Å². The normalized spacial score (nSPS) is 13.9. The third-order valence-electron chi connectivity index (χ3n) is 3.15. The van der Waals surface area contributed by atoms with Gasteiger partial charge in [0, 0.05) is 32.1 Å². The Kier molecular flexibility index (Phi) is 4.49. The van der Waals surface area contributed by atoms with Crippen LogP contribution in [0.25, 0.3) is 0 Å². The molecule has 1 aromatic heterocycles. The average molecular weight is 261 g/mol. The van der Waals surface area contributed by atoms with Crippen LogP contribution in [0.3, 0.4) is 0 Å². The lowest BCUT2D eigenvalue weighted by Crippen LogP contribution is -2.37. The Labute approximate surface area is 113 Å². The molecule has 2 rings (SSSR count). The van der Waals surface area contributed by atoms with Gasteiger partial charge in [-0.05, 0) is 25.0 Å². The van der Waals surface area contributed by atoms with Crippen molar-refractivity contribution in [2.75, 3.05) is 13.1 Å². The minimum absolute atomic E-state index is 0.00803. The minimum atomic E-state index is -0.00803. The van der Waals surface area contributed by atoms with Crippen molar-refractivity contribution in [3.8, 4) is 0 Å². The van der Waals surface area contributed by atoms with Crippen molar-refractivity contribution < 1.29 is 9.59 Å². The van der Waals surface area contributed by atoms with Gasteiger partial charge in [-0.1, -0.05) is 6.07 Å². The lowest BCUT2D eigenvalue weighted by Gasteiger charge is -2.20. The molecule has 0 atom stereocenters. The largest absolute Gasteiger partial charge is 0.354 e. The topological polar surface area (TPSA) is 62.3 Å². The van der Waals surface area contributed by atoms with E-state index in [0.29, 0.717) is 19.6 Å². The zero-order valence-electron chi connectivity index (χ0n) is 11.1. The van der Waals surface area contributed by atoms with Gasteiger partial charge < -0.3 is 10.2 Å². The number of pyridine rings is 1. The van der Waals surface area contributed by atoms with Crippen LogP contribution < -0.4 is 5.32 Å². The van der Waals surface area contributed by atoms with Gasteiger partial charge in [-0.15, -0.1) is 0 Å². The van der Waals surface area contributed by atoms with E-state index >= 15 is 0 Å². The maximum Gasteiger partial charge on any atom is 0.223 e. The van der Waals surface area contributed by atoms with Crippen LogP contribution >= 0.6 is 0 Å². The molecule has 0 radical (unpaired) electrons. The minimum Gasteiger partial charge on any atom is -0.354 e. The highest BCUT2D eigenvalue weighted by molar-refractivity contribution is 5.80. The van der Waals surface area contributed by atoms with Crippen LogP contribution in [-0.2, 0) is 16.1 Å². The monoisotopic (exact) mass is 261 g/mol. The lowest BCUT2D eigenvalue weighted by molar-refractivity contribution is -0.130. The summed E-state index contributed by atoms with van der Waals surface area (Å²) in [7, 11) is 0. The molecule has 1 aromatic rings. The Hall–Kier alpha value is -1.91. The molecule has 0 spiro atoms. The molecule has 0 bridgehead atoms. The van der Waals surface area contributed by atoms with Gasteiger partial charge in [-0.2, -0.15) is 0 Å². The average Bonchev–Trinajstić information content (AvgIpc) is 3.22. The molecule has 19 heavy (non-hydrogen) atoms. The standard InChI is InChI=1S/C14H19N3O2/c1-11(18)17(10-13-4-2-3-7-15-13)9-8-16-14(19)12-5-6-12/h2-4,7,12H,5-6,8-10H2,1H3,(H,16,19). The molecule has 5 nitrogen and oxygen atoms in total. The predicted molar refractivity (Wildman–Crippen MR) is 71.1 cm³/mol. The molecule has 1 N–H and O–H groups in total. The fourth-order valence-corrected chi connectivity index (χ4v) is 1.84. The summed E-state index contributed by atoms with van der Waals surface area (Å²) in [5, 5.41) is 2.86. The number of carbonyl (C=O) groups excluding carboxylic acids is 2. The summed E-state index contributed by atoms with van der Waals surface area (Å²) in [5.41, 5.74) is 0.853. The summed E-state index contributed by atoms with van der Waals surface area (Å²) in [6.07, 6.45) is 3.70. The number of nitrogens with one attached hydrogen (secondary N) is 1. The van der Waals surface area contributed by atoms with Crippen molar-refractivity contribution in [3.05, 3.63) is 30.1 Å². The summed E-state index contributed by atoms with van der Waals surface area (Å²) in [4.78, 5) is 28.9. The number of carbonyl (C=O) groups is 2. The zero-order chi connectivity index (χ0) is 13.7. The van der Waals surface area contributed by atoms with Gasteiger partial charge in [0.05, 0.1) is 12.2 Å². The second-order valence-corrected chi connectivity index (χ2v) is 4.83. The number of rotatable bonds is 6. The van der Waals surface area contributed by atoms with Gasteiger partial charge in [-0.3, -0.25) is 14.6 Å². The van der Waals surface area contributed by atoms with Crippen LogP contribution in [0.5, 0.6) is 0 Å². The molecule has 1 aliphatic carbocycles. The summed E-state index contributed by atoms with van der Waals surface area (Å²) in [5.74, 6) is 0.314. The predicted octanol–water partition coefficient (Wildman–Crippen LogP) is 0.956. The van der Waals surface area contributed by atoms with Crippen LogP contribution in [0, 0.1) is 5.92 Å². The van der Waals surface area contributed by atoms with Crippen molar-refractivity contribution in [1.29, 1.82) is 0 Å². The number of hydrogen-bond acceptors (Lipinski definition) is 3. The van der Waals surface area contributed by atoms with E-state index in [1.807, 2.05) is 18.2 Å². The molecule has 1 fully saturated rings. The number of nitrogens with zero attached hydrogens (tertiary/aromatic N) is 2. The van der Waals surface area contributed by atoms with Gasteiger partial charge in [0.15, 0.2) is 0 Å². The smallest absolute Gasteiger partial charge is 0.223 e. The maximum absolute atomic E-state index is 11.6. The van der Waals surface area contributed by atoms with Gasteiger partial charge in [-0.25, -0.2) is 0 Å². The first kappa shape index (κ1) is 13.5. The van der Waals surface area contributed by atoms with E-state index in [2.05, 4.69) is 10.3 Å². The van der Waals surface area contributed by atoms with Crippen LogP contribution in [0.2, 0.25) is 0 Å². The van der Waals surface area contributed by atoms with Crippen molar-refractivity contribution >= 4 is 11.8 Å². The summed E-state index contributed by atoms with van der Waals surface area (Å²) >= 11 is 0. The van der Waals surface area contributed by atoms with Crippen molar-refractivity contribution in [1.82, 2.24) is 15.2 Å².